The van der Waals surface area contributed by atoms with Gasteiger partial charge in [0.05, 0.1) is 12.3 Å². The van der Waals surface area contributed by atoms with Crippen molar-refractivity contribution in [3.8, 4) is 11.8 Å². The number of esters is 3. The van der Waals surface area contributed by atoms with Gasteiger partial charge in [0.1, 0.15) is 41.9 Å². The van der Waals surface area contributed by atoms with Crippen molar-refractivity contribution in [1.29, 1.82) is 5.26 Å². The number of hydrogen-bond donors (Lipinski definition) is 2. The first-order valence-electron chi connectivity index (χ1n) is 17.2. The van der Waals surface area contributed by atoms with Crippen molar-refractivity contribution in [2.45, 2.75) is 115 Å². The summed E-state index contributed by atoms with van der Waals surface area (Å²) < 4.78 is 51.2. The van der Waals surface area contributed by atoms with Crippen LogP contribution >= 0.6 is 7.75 Å². The van der Waals surface area contributed by atoms with Gasteiger partial charge in [-0.15, -0.1) is 0 Å². The van der Waals surface area contributed by atoms with Crippen LogP contribution in [0.3, 0.4) is 0 Å². The van der Waals surface area contributed by atoms with Crippen molar-refractivity contribution in [2.24, 2.45) is 0 Å². The molecular formula is C35H45N6O10P. The monoisotopic (exact) mass is 740 g/mol. The van der Waals surface area contributed by atoms with E-state index in [2.05, 4.69) is 21.2 Å². The van der Waals surface area contributed by atoms with E-state index in [4.69, 9.17) is 33.7 Å². The quantitative estimate of drug-likeness (QED) is 0.131. The van der Waals surface area contributed by atoms with Crippen LogP contribution in [0.1, 0.15) is 84.9 Å². The molecule has 1 saturated carbocycles. The largest absolute Gasteiger partial charge is 0.461 e. The number of aromatic nitrogens is 3. The highest BCUT2D eigenvalue weighted by Gasteiger charge is 2.62. The molecular weight excluding hydrogens is 695 g/mol. The van der Waals surface area contributed by atoms with Crippen molar-refractivity contribution < 1.29 is 46.9 Å². The Hall–Kier alpha value is -4.55. The number of hydrogen-bond acceptors (Lipinski definition) is 14. The number of nitriles is 1. The molecule has 16 nitrogen and oxygen atoms in total. The van der Waals surface area contributed by atoms with Gasteiger partial charge in [0, 0.05) is 12.8 Å². The van der Waals surface area contributed by atoms with Gasteiger partial charge in [-0.2, -0.15) is 15.4 Å². The van der Waals surface area contributed by atoms with Crippen LogP contribution < -0.4 is 15.3 Å². The molecule has 0 spiro atoms. The Balaban J connectivity index is 1.51. The Labute approximate surface area is 301 Å². The van der Waals surface area contributed by atoms with Crippen molar-refractivity contribution in [3.63, 3.8) is 0 Å². The number of nitrogens with zero attached hydrogens (tertiary/aromatic N) is 4. The number of nitrogens with one attached hydrogen (secondary N) is 1. The minimum absolute atomic E-state index is 0.0652. The Bertz CT molecular complexity index is 1870. The van der Waals surface area contributed by atoms with E-state index < -0.39 is 62.2 Å². The van der Waals surface area contributed by atoms with Gasteiger partial charge >= 0.3 is 25.7 Å². The maximum absolute atomic E-state index is 14.6. The molecule has 1 aliphatic heterocycles. The van der Waals surface area contributed by atoms with Crippen molar-refractivity contribution in [1.82, 2.24) is 19.7 Å². The van der Waals surface area contributed by atoms with E-state index in [0.717, 1.165) is 24.8 Å². The second kappa shape index (κ2) is 15.6. The van der Waals surface area contributed by atoms with Gasteiger partial charge in [0.25, 0.3) is 0 Å². The first kappa shape index (κ1) is 38.7. The zero-order valence-corrected chi connectivity index (χ0v) is 31.0. The molecule has 2 aliphatic rings. The second-order valence-corrected chi connectivity index (χ2v) is 15.4. The molecule has 2 aromatic heterocycles. The molecule has 1 unspecified atom stereocenters. The number of fused-ring (bicyclic) bond motifs is 1. The molecule has 5 rings (SSSR count). The van der Waals surface area contributed by atoms with E-state index in [0.29, 0.717) is 5.52 Å². The zero-order chi connectivity index (χ0) is 37.8. The third-order valence-corrected chi connectivity index (χ3v) is 10.6. The Kier molecular flexibility index (Phi) is 11.6. The SMILES string of the molecule is CCC(=O)O[C@H]1[C@@H](OC(=O)CC)[C@](C#N)(c2ccc3c(N)ncnn23)O[C@@H]1COP(=O)(N[C@@H](C)C(=O)OC1CCC1)Oc1ccc(C(C)(C)C)cc1. The summed E-state index contributed by atoms with van der Waals surface area (Å²) in [5, 5.41) is 17.7. The first-order valence-corrected chi connectivity index (χ1v) is 18.8. The molecule has 3 heterocycles. The summed E-state index contributed by atoms with van der Waals surface area (Å²) in [6.07, 6.45) is -1.12. The molecule has 1 saturated heterocycles. The highest BCUT2D eigenvalue weighted by Crippen LogP contribution is 2.49. The molecule has 1 aliphatic carbocycles. The van der Waals surface area contributed by atoms with E-state index in [1.165, 1.54) is 23.8 Å². The molecule has 2 fully saturated rings. The summed E-state index contributed by atoms with van der Waals surface area (Å²) >= 11 is 0. The minimum Gasteiger partial charge on any atom is -0.461 e. The van der Waals surface area contributed by atoms with Gasteiger partial charge in [0.2, 0.25) is 5.60 Å². The lowest BCUT2D eigenvalue weighted by molar-refractivity contribution is -0.169. The standard InChI is InChI=1S/C35H45N6O10P/c1-7-28(42)48-30-26(50-35(19-36,31(30)49-29(43)8-2)27-17-16-25-32(37)38-20-39-41(25)27)18-46-52(45,40-21(3)33(44)47-23-10-9-11-23)51-24-14-12-22(13-15-24)34(4,5)6/h12-17,20-21,23,26,30-31H,7-11,18H2,1-6H3,(H,40,45)(H2,37,38,39)/t21-,26+,30+,31+,35-,52?/m0/s1. The smallest absolute Gasteiger partial charge is 0.459 e. The molecule has 1 aromatic carbocycles. The molecule has 0 amide bonds. The summed E-state index contributed by atoms with van der Waals surface area (Å²) in [5.74, 6) is -1.78. The number of rotatable bonds is 14. The van der Waals surface area contributed by atoms with Gasteiger partial charge in [-0.25, -0.2) is 14.1 Å². The number of nitrogens with two attached hydrogens (primary N) is 1. The first-order chi connectivity index (χ1) is 24.6. The van der Waals surface area contributed by atoms with Crippen LogP contribution in [-0.4, -0.2) is 69.6 Å². The van der Waals surface area contributed by atoms with Crippen LogP contribution in [-0.2, 0) is 53.4 Å². The van der Waals surface area contributed by atoms with E-state index in [1.807, 2.05) is 32.9 Å². The number of carbonyl (C=O) groups is 3. The van der Waals surface area contributed by atoms with E-state index >= 15 is 0 Å². The second-order valence-electron chi connectivity index (χ2n) is 13.7. The Morgan fingerprint density at radius 3 is 2.37 bits per heavy atom. The van der Waals surface area contributed by atoms with E-state index in [-0.39, 0.29) is 41.6 Å². The van der Waals surface area contributed by atoms with Gasteiger partial charge in [-0.3, -0.25) is 18.9 Å². The maximum atomic E-state index is 14.6. The summed E-state index contributed by atoms with van der Waals surface area (Å²) in [6, 6.07) is 10.9. The molecule has 17 heteroatoms. The van der Waals surface area contributed by atoms with Crippen LogP contribution in [0.15, 0.2) is 42.7 Å². The van der Waals surface area contributed by atoms with Crippen LogP contribution in [0.4, 0.5) is 5.82 Å². The average Bonchev–Trinajstić information content (AvgIpc) is 3.65. The lowest BCUT2D eigenvalue weighted by Crippen LogP contribution is -2.46. The lowest BCUT2D eigenvalue weighted by atomic mass is 9.87. The molecule has 3 aromatic rings. The van der Waals surface area contributed by atoms with Gasteiger partial charge in [-0.05, 0) is 61.4 Å². The van der Waals surface area contributed by atoms with Gasteiger partial charge in [-0.1, -0.05) is 46.8 Å². The van der Waals surface area contributed by atoms with Crippen LogP contribution in [0.5, 0.6) is 5.75 Å². The fourth-order valence-corrected chi connectivity index (χ4v) is 7.23. The molecule has 52 heavy (non-hydrogen) atoms. The number of anilines is 1. The summed E-state index contributed by atoms with van der Waals surface area (Å²) in [4.78, 5) is 42.6. The summed E-state index contributed by atoms with van der Waals surface area (Å²) in [5.41, 5.74) is 5.18. The lowest BCUT2D eigenvalue weighted by Gasteiger charge is -2.29. The normalized spacial score (nSPS) is 23.5. The number of carbonyl (C=O) groups excluding carboxylic acids is 3. The number of benzene rings is 1. The number of ether oxygens (including phenoxy) is 4. The fraction of sp³-hybridized carbons (Fsp3) is 0.543. The van der Waals surface area contributed by atoms with Gasteiger partial charge in [0.15, 0.2) is 18.0 Å². The van der Waals surface area contributed by atoms with Crippen molar-refractivity contribution in [2.75, 3.05) is 12.3 Å². The third kappa shape index (κ3) is 8.23. The zero-order valence-electron chi connectivity index (χ0n) is 30.1. The predicted molar refractivity (Wildman–Crippen MR) is 186 cm³/mol. The predicted octanol–water partition coefficient (Wildman–Crippen LogP) is 4.65. The van der Waals surface area contributed by atoms with E-state index in [9.17, 15) is 24.2 Å². The van der Waals surface area contributed by atoms with Crippen molar-refractivity contribution >= 4 is 37.0 Å². The maximum Gasteiger partial charge on any atom is 0.459 e. The summed E-state index contributed by atoms with van der Waals surface area (Å²) in [7, 11) is -4.47. The highest BCUT2D eigenvalue weighted by atomic mass is 31.2. The summed E-state index contributed by atoms with van der Waals surface area (Å²) in [6.45, 7) is 10.1. The van der Waals surface area contributed by atoms with Crippen LogP contribution in [0.25, 0.3) is 5.52 Å². The van der Waals surface area contributed by atoms with Gasteiger partial charge < -0.3 is 29.2 Å². The van der Waals surface area contributed by atoms with Crippen LogP contribution in [0, 0.1) is 11.3 Å². The fourth-order valence-electron chi connectivity index (χ4n) is 5.72. The molecule has 0 bridgehead atoms. The van der Waals surface area contributed by atoms with E-state index in [1.54, 1.807) is 32.0 Å². The topological polar surface area (TPSA) is 216 Å². The average molecular weight is 741 g/mol. The highest BCUT2D eigenvalue weighted by molar-refractivity contribution is 7.52. The minimum atomic E-state index is -4.47. The Morgan fingerprint density at radius 2 is 1.77 bits per heavy atom. The van der Waals surface area contributed by atoms with Crippen molar-refractivity contribution in [3.05, 3.63) is 54.0 Å². The molecule has 0 radical (unpaired) electrons. The Morgan fingerprint density at radius 1 is 1.10 bits per heavy atom. The molecule has 280 valence electrons. The number of nitrogen functional groups attached to an aromatic ring is 1. The molecule has 6 atom stereocenters. The molecule has 3 N–H and O–H groups in total. The van der Waals surface area contributed by atoms with Crippen LogP contribution in [0.2, 0.25) is 0 Å². The third-order valence-electron chi connectivity index (χ3n) is 8.93.